The number of hydrogen-bond acceptors (Lipinski definition) is 8. The number of carbonyl (C=O) groups is 1. The van der Waals surface area contributed by atoms with E-state index in [2.05, 4.69) is 25.2 Å². The molecule has 1 aliphatic rings. The van der Waals surface area contributed by atoms with Gasteiger partial charge in [0.15, 0.2) is 0 Å². The molecule has 3 heterocycles. The molecule has 0 unspecified atom stereocenters. The van der Waals surface area contributed by atoms with Crippen LogP contribution < -0.4 is 15.0 Å². The summed E-state index contributed by atoms with van der Waals surface area (Å²) >= 11 is 0. The average molecular weight is 423 g/mol. The smallest absolute Gasteiger partial charge is 0.271 e. The van der Waals surface area contributed by atoms with Crippen molar-refractivity contribution in [2.24, 2.45) is 5.92 Å². The van der Waals surface area contributed by atoms with E-state index in [1.807, 2.05) is 12.3 Å². The van der Waals surface area contributed by atoms with Gasteiger partial charge >= 0.3 is 0 Å². The first-order valence-electron chi connectivity index (χ1n) is 9.74. The number of nitro groups is 1. The third-order valence-corrected chi connectivity index (χ3v) is 5.25. The lowest BCUT2D eigenvalue weighted by molar-refractivity contribution is -0.384. The topological polar surface area (TPSA) is 128 Å². The maximum absolute atomic E-state index is 12.8. The van der Waals surface area contributed by atoms with Crippen LogP contribution in [0.25, 0.3) is 5.82 Å². The second-order valence-corrected chi connectivity index (χ2v) is 7.10. The highest BCUT2D eigenvalue weighted by Gasteiger charge is 2.27. The van der Waals surface area contributed by atoms with Crippen LogP contribution in [0.3, 0.4) is 0 Å². The Hall–Kier alpha value is -4.02. The molecule has 160 valence electrons. The number of methoxy groups -OCH3 is 1. The van der Waals surface area contributed by atoms with Crippen LogP contribution in [0.2, 0.25) is 0 Å². The third-order valence-electron chi connectivity index (χ3n) is 5.25. The Kier molecular flexibility index (Phi) is 5.74. The maximum Gasteiger partial charge on any atom is 0.271 e. The Balaban J connectivity index is 1.40. The first-order valence-corrected chi connectivity index (χ1v) is 9.74. The van der Waals surface area contributed by atoms with Crippen molar-refractivity contribution >= 4 is 23.1 Å². The minimum atomic E-state index is -0.507. The van der Waals surface area contributed by atoms with Gasteiger partial charge < -0.3 is 15.0 Å². The van der Waals surface area contributed by atoms with Crippen molar-refractivity contribution in [2.45, 2.75) is 12.8 Å². The van der Waals surface area contributed by atoms with E-state index in [1.165, 1.54) is 31.6 Å². The number of aromatic nitrogens is 4. The predicted octanol–water partition coefficient (Wildman–Crippen LogP) is 2.43. The van der Waals surface area contributed by atoms with Gasteiger partial charge in [-0.3, -0.25) is 19.5 Å². The third kappa shape index (κ3) is 4.44. The molecule has 11 nitrogen and oxygen atoms in total. The van der Waals surface area contributed by atoms with Crippen LogP contribution in [0, 0.1) is 16.0 Å². The molecule has 1 aromatic carbocycles. The number of imidazole rings is 1. The van der Waals surface area contributed by atoms with Gasteiger partial charge in [0.25, 0.3) is 5.69 Å². The average Bonchev–Trinajstić information content (AvgIpc) is 3.34. The summed E-state index contributed by atoms with van der Waals surface area (Å²) in [5.74, 6) is 1.50. The standard InChI is InChI=1S/C20H21N7O4/c1-31-17-3-2-15(27(29)30)10-16(17)24-20(28)14-4-7-25(8-5-14)18-11-19(23-12-22-18)26-9-6-21-13-26/h2-3,6,9-14H,4-5,7-8H2,1H3,(H,24,28). The van der Waals surface area contributed by atoms with Gasteiger partial charge in [-0.25, -0.2) is 15.0 Å². The van der Waals surface area contributed by atoms with Crippen molar-refractivity contribution in [1.82, 2.24) is 19.5 Å². The van der Waals surface area contributed by atoms with Gasteiger partial charge in [-0.05, 0) is 18.9 Å². The number of carbonyl (C=O) groups excluding carboxylic acids is 1. The second-order valence-electron chi connectivity index (χ2n) is 7.10. The highest BCUT2D eigenvalue weighted by atomic mass is 16.6. The Morgan fingerprint density at radius 2 is 2.00 bits per heavy atom. The molecule has 1 saturated heterocycles. The zero-order chi connectivity index (χ0) is 21.8. The van der Waals surface area contributed by atoms with Gasteiger partial charge in [0.05, 0.1) is 17.7 Å². The van der Waals surface area contributed by atoms with Crippen molar-refractivity contribution in [3.8, 4) is 11.6 Å². The molecule has 1 N–H and O–H groups in total. The van der Waals surface area contributed by atoms with Crippen molar-refractivity contribution < 1.29 is 14.5 Å². The minimum absolute atomic E-state index is 0.108. The number of nitrogens with zero attached hydrogens (tertiary/aromatic N) is 6. The van der Waals surface area contributed by atoms with E-state index in [1.54, 1.807) is 17.1 Å². The van der Waals surface area contributed by atoms with Gasteiger partial charge in [0, 0.05) is 49.6 Å². The molecule has 2 aromatic heterocycles. The molecule has 0 radical (unpaired) electrons. The fourth-order valence-corrected chi connectivity index (χ4v) is 3.56. The molecule has 0 bridgehead atoms. The molecule has 31 heavy (non-hydrogen) atoms. The van der Waals surface area contributed by atoms with Crippen molar-refractivity contribution in [3.63, 3.8) is 0 Å². The zero-order valence-corrected chi connectivity index (χ0v) is 16.8. The molecule has 3 aromatic rings. The van der Waals surface area contributed by atoms with Crippen LogP contribution in [0.4, 0.5) is 17.2 Å². The van der Waals surface area contributed by atoms with E-state index >= 15 is 0 Å². The maximum atomic E-state index is 12.8. The summed E-state index contributed by atoms with van der Waals surface area (Å²) in [5, 5.41) is 13.8. The second kappa shape index (κ2) is 8.78. The number of piperidine rings is 1. The quantitative estimate of drug-likeness (QED) is 0.473. The fraction of sp³-hybridized carbons (Fsp3) is 0.300. The number of hydrogen-bond donors (Lipinski definition) is 1. The fourth-order valence-electron chi connectivity index (χ4n) is 3.56. The van der Waals surface area contributed by atoms with Crippen LogP contribution in [0.1, 0.15) is 12.8 Å². The summed E-state index contributed by atoms with van der Waals surface area (Å²) in [4.78, 5) is 38.1. The van der Waals surface area contributed by atoms with Crippen LogP contribution >= 0.6 is 0 Å². The van der Waals surface area contributed by atoms with Crippen LogP contribution in [-0.4, -0.2) is 50.5 Å². The van der Waals surface area contributed by atoms with Crippen LogP contribution in [0.15, 0.2) is 49.3 Å². The summed E-state index contributed by atoms with van der Waals surface area (Å²) in [6, 6.07) is 6.01. The van der Waals surface area contributed by atoms with E-state index in [0.717, 1.165) is 11.6 Å². The van der Waals surface area contributed by atoms with E-state index < -0.39 is 4.92 Å². The van der Waals surface area contributed by atoms with Crippen molar-refractivity contribution in [1.29, 1.82) is 0 Å². The van der Waals surface area contributed by atoms with E-state index in [-0.39, 0.29) is 17.5 Å². The first kappa shape index (κ1) is 20.3. The van der Waals surface area contributed by atoms with Crippen LogP contribution in [-0.2, 0) is 4.79 Å². The first-order chi connectivity index (χ1) is 15.0. The summed E-state index contributed by atoms with van der Waals surface area (Å²) in [6.45, 7) is 1.31. The van der Waals surface area contributed by atoms with Gasteiger partial charge in [-0.1, -0.05) is 0 Å². The molecule has 1 fully saturated rings. The molecule has 0 saturated carbocycles. The lowest BCUT2D eigenvalue weighted by Gasteiger charge is -2.32. The summed E-state index contributed by atoms with van der Waals surface area (Å²) < 4.78 is 7.02. The molecule has 4 rings (SSSR count). The summed E-state index contributed by atoms with van der Waals surface area (Å²) in [7, 11) is 1.45. The predicted molar refractivity (Wildman–Crippen MR) is 112 cm³/mol. The van der Waals surface area contributed by atoms with Gasteiger partial charge in [-0.15, -0.1) is 0 Å². The molecule has 1 aliphatic heterocycles. The number of non-ortho nitro benzene ring substituents is 1. The SMILES string of the molecule is COc1ccc([N+](=O)[O-])cc1NC(=O)C1CCN(c2cc(-n3ccnc3)ncn2)CC1. The van der Waals surface area contributed by atoms with Crippen LogP contribution in [0.5, 0.6) is 5.75 Å². The number of benzene rings is 1. The monoisotopic (exact) mass is 423 g/mol. The number of anilines is 2. The zero-order valence-electron chi connectivity index (χ0n) is 16.8. The molecule has 11 heteroatoms. The number of rotatable bonds is 6. The number of nitro benzene ring substituents is 1. The van der Waals surface area contributed by atoms with Gasteiger partial charge in [0.2, 0.25) is 5.91 Å². The number of amides is 1. The highest BCUT2D eigenvalue weighted by molar-refractivity contribution is 5.94. The molecule has 0 atom stereocenters. The highest BCUT2D eigenvalue weighted by Crippen LogP contribution is 2.30. The Morgan fingerprint density at radius 1 is 1.23 bits per heavy atom. The minimum Gasteiger partial charge on any atom is -0.495 e. The molecular weight excluding hydrogens is 402 g/mol. The van der Waals surface area contributed by atoms with Crippen molar-refractivity contribution in [2.75, 3.05) is 30.4 Å². The number of nitrogens with one attached hydrogen (secondary N) is 1. The van der Waals surface area contributed by atoms with Gasteiger partial charge in [0.1, 0.15) is 30.0 Å². The van der Waals surface area contributed by atoms with Gasteiger partial charge in [-0.2, -0.15) is 0 Å². The Morgan fingerprint density at radius 3 is 2.68 bits per heavy atom. The summed E-state index contributed by atoms with van der Waals surface area (Å²) in [5.41, 5.74) is 0.188. The van der Waals surface area contributed by atoms with E-state index in [9.17, 15) is 14.9 Å². The summed E-state index contributed by atoms with van der Waals surface area (Å²) in [6.07, 6.45) is 7.94. The lowest BCUT2D eigenvalue weighted by Crippen LogP contribution is -2.38. The number of ether oxygens (including phenoxy) is 1. The molecule has 1 amide bonds. The molecular formula is C20H21N7O4. The lowest BCUT2D eigenvalue weighted by atomic mass is 9.95. The largest absolute Gasteiger partial charge is 0.495 e. The molecule has 0 spiro atoms. The van der Waals surface area contributed by atoms with Crippen molar-refractivity contribution in [3.05, 3.63) is 59.4 Å². The Labute approximate surface area is 177 Å². The normalized spacial score (nSPS) is 14.3. The van der Waals surface area contributed by atoms with E-state index in [0.29, 0.717) is 37.4 Å². The Bertz CT molecular complexity index is 1080. The molecule has 0 aliphatic carbocycles. The van der Waals surface area contributed by atoms with E-state index in [4.69, 9.17) is 4.74 Å².